The van der Waals surface area contributed by atoms with Gasteiger partial charge in [0.2, 0.25) is 0 Å². The van der Waals surface area contributed by atoms with E-state index in [2.05, 4.69) is 5.32 Å². The van der Waals surface area contributed by atoms with Crippen molar-refractivity contribution in [1.29, 1.82) is 0 Å². The summed E-state index contributed by atoms with van der Waals surface area (Å²) in [7, 11) is 0. The number of alkyl halides is 1. The van der Waals surface area contributed by atoms with E-state index in [1.54, 1.807) is 0 Å². The number of nitrogens with one attached hydrogen (secondary N) is 1. The lowest BCUT2D eigenvalue weighted by Gasteiger charge is -2.21. The molecule has 1 aliphatic rings. The minimum atomic E-state index is -1.00. The Morgan fingerprint density at radius 3 is 2.56 bits per heavy atom. The van der Waals surface area contributed by atoms with Gasteiger partial charge >= 0.3 is 0 Å². The fourth-order valence-electron chi connectivity index (χ4n) is 0.810. The van der Waals surface area contributed by atoms with Crippen LogP contribution in [0.25, 0.3) is 0 Å². The van der Waals surface area contributed by atoms with E-state index in [4.69, 9.17) is 5.11 Å². The van der Waals surface area contributed by atoms with Crippen LogP contribution in [0.3, 0.4) is 0 Å². The topological polar surface area (TPSA) is 32.3 Å². The minimum absolute atomic E-state index is 0. The Kier molecular flexibility index (Phi) is 4.10. The van der Waals surface area contributed by atoms with Gasteiger partial charge in [0, 0.05) is 6.54 Å². The quantitative estimate of drug-likeness (QED) is 0.520. The molecule has 2 unspecified atom stereocenters. The lowest BCUT2D eigenvalue weighted by atomic mass is 10.1. The molecule has 0 radical (unpaired) electrons. The van der Waals surface area contributed by atoms with Crippen LogP contribution < -0.4 is 5.32 Å². The second kappa shape index (κ2) is 4.04. The number of piperidine rings is 1. The second-order valence-electron chi connectivity index (χ2n) is 2.08. The Bertz CT molecular complexity index is 73.4. The number of aliphatic hydroxyl groups excluding tert-OH is 1. The van der Waals surface area contributed by atoms with E-state index in [9.17, 15) is 4.39 Å². The van der Waals surface area contributed by atoms with Crippen LogP contribution in [-0.2, 0) is 0 Å². The first kappa shape index (κ1) is 9.14. The molecule has 2 atom stereocenters. The first-order valence-corrected chi connectivity index (χ1v) is 2.83. The van der Waals surface area contributed by atoms with E-state index in [0.29, 0.717) is 19.5 Å². The Morgan fingerprint density at radius 1 is 1.56 bits per heavy atom. The first-order chi connectivity index (χ1) is 3.80. The van der Waals surface area contributed by atoms with Crippen molar-refractivity contribution in [2.45, 2.75) is 18.7 Å². The van der Waals surface area contributed by atoms with E-state index >= 15 is 0 Å². The highest BCUT2D eigenvalue weighted by atomic mass is 35.5. The number of hydrogen-bond donors (Lipinski definition) is 2. The van der Waals surface area contributed by atoms with Crippen LogP contribution in [0.1, 0.15) is 6.42 Å². The van der Waals surface area contributed by atoms with E-state index in [1.165, 1.54) is 0 Å². The minimum Gasteiger partial charge on any atom is -0.389 e. The van der Waals surface area contributed by atoms with Gasteiger partial charge in [-0.1, -0.05) is 0 Å². The molecule has 0 aromatic rings. The highest BCUT2D eigenvalue weighted by molar-refractivity contribution is 5.85. The summed E-state index contributed by atoms with van der Waals surface area (Å²) in [5, 5.41) is 11.6. The molecule has 0 aromatic carbocycles. The van der Waals surface area contributed by atoms with Crippen molar-refractivity contribution in [2.75, 3.05) is 13.1 Å². The molecule has 1 aliphatic heterocycles. The smallest absolute Gasteiger partial charge is 0.128 e. The van der Waals surface area contributed by atoms with Gasteiger partial charge in [0.25, 0.3) is 0 Å². The van der Waals surface area contributed by atoms with Gasteiger partial charge in [0.05, 0.1) is 6.10 Å². The van der Waals surface area contributed by atoms with Crippen molar-refractivity contribution in [2.24, 2.45) is 0 Å². The van der Waals surface area contributed by atoms with Gasteiger partial charge in [-0.25, -0.2) is 4.39 Å². The SMILES string of the molecule is Cl.OC1CNCCC1F. The fourth-order valence-corrected chi connectivity index (χ4v) is 0.810. The highest BCUT2D eigenvalue weighted by Crippen LogP contribution is 2.06. The van der Waals surface area contributed by atoms with E-state index in [-0.39, 0.29) is 12.4 Å². The van der Waals surface area contributed by atoms with Crippen molar-refractivity contribution in [3.63, 3.8) is 0 Å². The summed E-state index contributed by atoms with van der Waals surface area (Å²) in [6.07, 6.45) is -1.33. The zero-order valence-corrected chi connectivity index (χ0v) is 5.83. The van der Waals surface area contributed by atoms with Crippen molar-refractivity contribution < 1.29 is 9.50 Å². The summed E-state index contributed by atoms with van der Waals surface area (Å²) in [6.45, 7) is 1.10. The molecule has 56 valence electrons. The van der Waals surface area contributed by atoms with Gasteiger partial charge in [-0.3, -0.25) is 0 Å². The predicted octanol–water partition coefficient (Wildman–Crippen LogP) is 0.101. The molecule has 0 aromatic heterocycles. The molecule has 0 bridgehead atoms. The number of β-amino-alcohol motifs (C(OH)–C–C–N with tert-alkyl or cyclic N) is 1. The van der Waals surface area contributed by atoms with Crippen LogP contribution >= 0.6 is 12.4 Å². The molecule has 0 amide bonds. The number of halogens is 2. The van der Waals surface area contributed by atoms with Gasteiger partial charge in [-0.2, -0.15) is 0 Å². The van der Waals surface area contributed by atoms with Crippen molar-refractivity contribution >= 4 is 12.4 Å². The molecule has 0 saturated carbocycles. The molecule has 1 heterocycles. The molecule has 1 rings (SSSR count). The molecule has 0 aliphatic carbocycles. The lowest BCUT2D eigenvalue weighted by molar-refractivity contribution is 0.0549. The molecule has 9 heavy (non-hydrogen) atoms. The number of hydrogen-bond acceptors (Lipinski definition) is 2. The fraction of sp³-hybridized carbons (Fsp3) is 1.00. The first-order valence-electron chi connectivity index (χ1n) is 2.83. The Labute approximate surface area is 59.9 Å². The summed E-state index contributed by atoms with van der Waals surface area (Å²) in [4.78, 5) is 0. The molecule has 0 spiro atoms. The van der Waals surface area contributed by atoms with E-state index in [1.807, 2.05) is 0 Å². The van der Waals surface area contributed by atoms with Gasteiger partial charge in [0.15, 0.2) is 0 Å². The van der Waals surface area contributed by atoms with Crippen LogP contribution in [0.5, 0.6) is 0 Å². The van der Waals surface area contributed by atoms with Crippen molar-refractivity contribution in [3.05, 3.63) is 0 Å². The maximum absolute atomic E-state index is 12.3. The van der Waals surface area contributed by atoms with Crippen LogP contribution in [-0.4, -0.2) is 30.5 Å². The zero-order valence-electron chi connectivity index (χ0n) is 5.01. The molecule has 4 heteroatoms. The Balaban J connectivity index is 0.000000640. The van der Waals surface area contributed by atoms with Crippen molar-refractivity contribution in [3.8, 4) is 0 Å². The third-order valence-electron chi connectivity index (χ3n) is 1.37. The third kappa shape index (κ3) is 2.47. The summed E-state index contributed by atoms with van der Waals surface area (Å²) in [5.41, 5.74) is 0. The summed E-state index contributed by atoms with van der Waals surface area (Å²) in [6, 6.07) is 0. The summed E-state index contributed by atoms with van der Waals surface area (Å²) in [5.74, 6) is 0. The van der Waals surface area contributed by atoms with Gasteiger partial charge in [0.1, 0.15) is 6.17 Å². The monoisotopic (exact) mass is 155 g/mol. The number of rotatable bonds is 0. The largest absolute Gasteiger partial charge is 0.389 e. The molecule has 1 saturated heterocycles. The average Bonchev–Trinajstić information content (AvgIpc) is 1.77. The molecular formula is C5H11ClFNO. The van der Waals surface area contributed by atoms with Gasteiger partial charge in [-0.05, 0) is 13.0 Å². The lowest BCUT2D eigenvalue weighted by Crippen LogP contribution is -2.41. The van der Waals surface area contributed by atoms with Crippen LogP contribution in [0.15, 0.2) is 0 Å². The Morgan fingerprint density at radius 2 is 2.22 bits per heavy atom. The van der Waals surface area contributed by atoms with Gasteiger partial charge in [-0.15, -0.1) is 12.4 Å². The van der Waals surface area contributed by atoms with Gasteiger partial charge < -0.3 is 10.4 Å². The number of aliphatic hydroxyl groups is 1. The maximum Gasteiger partial charge on any atom is 0.128 e. The predicted molar refractivity (Wildman–Crippen MR) is 35.6 cm³/mol. The summed E-state index contributed by atoms with van der Waals surface area (Å²) >= 11 is 0. The summed E-state index contributed by atoms with van der Waals surface area (Å²) < 4.78 is 12.3. The Hall–Kier alpha value is 0.140. The zero-order chi connectivity index (χ0) is 5.98. The van der Waals surface area contributed by atoms with E-state index in [0.717, 1.165) is 0 Å². The third-order valence-corrected chi connectivity index (χ3v) is 1.37. The highest BCUT2D eigenvalue weighted by Gasteiger charge is 2.20. The molecule has 2 nitrogen and oxygen atoms in total. The standard InChI is InChI=1S/C5H10FNO.ClH/c6-4-1-2-7-3-5(4)8;/h4-5,7-8H,1-3H2;1H. The molecule has 1 fully saturated rings. The molecular weight excluding hydrogens is 145 g/mol. The average molecular weight is 156 g/mol. The van der Waals surface area contributed by atoms with E-state index < -0.39 is 12.3 Å². The second-order valence-corrected chi connectivity index (χ2v) is 2.08. The van der Waals surface area contributed by atoms with Crippen molar-refractivity contribution in [1.82, 2.24) is 5.32 Å². The molecule has 2 N–H and O–H groups in total. The van der Waals surface area contributed by atoms with Crippen LogP contribution in [0.4, 0.5) is 4.39 Å². The normalized spacial score (nSPS) is 35.3. The van der Waals surface area contributed by atoms with Crippen LogP contribution in [0.2, 0.25) is 0 Å². The van der Waals surface area contributed by atoms with Crippen LogP contribution in [0, 0.1) is 0 Å². The maximum atomic E-state index is 12.3.